The van der Waals surface area contributed by atoms with Crippen molar-refractivity contribution in [2.24, 2.45) is 11.8 Å². The summed E-state index contributed by atoms with van der Waals surface area (Å²) in [5.74, 6) is -0.954. The van der Waals surface area contributed by atoms with Crippen LogP contribution in [0.15, 0.2) is 18.2 Å². The van der Waals surface area contributed by atoms with Crippen LogP contribution in [-0.2, 0) is 14.3 Å². The molecule has 2 unspecified atom stereocenters. The molecule has 8 heteroatoms. The molecule has 1 aliphatic rings. The first kappa shape index (κ1) is 22.0. The molecule has 1 aromatic carbocycles. The molecule has 1 aromatic rings. The van der Waals surface area contributed by atoms with E-state index in [1.54, 1.807) is 6.07 Å². The minimum absolute atomic E-state index is 0.0381. The third kappa shape index (κ3) is 6.64. The molecule has 27 heavy (non-hydrogen) atoms. The Kier molecular flexibility index (Phi) is 8.35. The smallest absolute Gasteiger partial charge is 0.328 e. The van der Waals surface area contributed by atoms with E-state index in [1.807, 2.05) is 13.8 Å². The first-order valence-corrected chi connectivity index (χ1v) is 9.72. The molecule has 2 rings (SSSR count). The lowest BCUT2D eigenvalue weighted by atomic mass is 10.0. The summed E-state index contributed by atoms with van der Waals surface area (Å²) in [7, 11) is 0. The Bertz CT molecular complexity index is 662. The number of ether oxygens (including phenoxy) is 2. The Hall–Kier alpha value is -1.34. The molecule has 1 saturated heterocycles. The van der Waals surface area contributed by atoms with Crippen molar-refractivity contribution in [3.8, 4) is 0 Å². The maximum Gasteiger partial charge on any atom is 0.328 e. The number of carbonyl (C=O) groups excluding carboxylic acids is 2. The highest BCUT2D eigenvalue weighted by Gasteiger charge is 2.28. The minimum Gasteiger partial charge on any atom is -0.461 e. The van der Waals surface area contributed by atoms with E-state index in [9.17, 15) is 14.7 Å². The first-order valence-electron chi connectivity index (χ1n) is 8.96. The Morgan fingerprint density at radius 1 is 1.37 bits per heavy atom. The summed E-state index contributed by atoms with van der Waals surface area (Å²) in [6.07, 6.45) is 0.357. The number of rotatable bonds is 8. The van der Waals surface area contributed by atoms with E-state index in [2.05, 4.69) is 5.32 Å². The monoisotopic (exact) mass is 417 g/mol. The maximum atomic E-state index is 12.5. The molecule has 6 nitrogen and oxygen atoms in total. The Morgan fingerprint density at radius 3 is 2.70 bits per heavy atom. The second-order valence-corrected chi connectivity index (χ2v) is 7.94. The van der Waals surface area contributed by atoms with Crippen molar-refractivity contribution in [2.45, 2.75) is 38.8 Å². The van der Waals surface area contributed by atoms with Gasteiger partial charge in [-0.2, -0.15) is 0 Å². The van der Waals surface area contributed by atoms with Gasteiger partial charge in [0.25, 0.3) is 5.91 Å². The van der Waals surface area contributed by atoms with E-state index < -0.39 is 24.0 Å². The van der Waals surface area contributed by atoms with Crippen molar-refractivity contribution in [3.63, 3.8) is 0 Å². The van der Waals surface area contributed by atoms with E-state index in [0.717, 1.165) is 6.42 Å². The van der Waals surface area contributed by atoms with Crippen molar-refractivity contribution >= 4 is 35.1 Å². The van der Waals surface area contributed by atoms with Crippen LogP contribution < -0.4 is 5.32 Å². The highest BCUT2D eigenvalue weighted by molar-refractivity contribution is 6.36. The largest absolute Gasteiger partial charge is 0.461 e. The van der Waals surface area contributed by atoms with Crippen LogP contribution in [0.4, 0.5) is 0 Å². The zero-order valence-corrected chi connectivity index (χ0v) is 16.9. The van der Waals surface area contributed by atoms with Gasteiger partial charge in [-0.1, -0.05) is 37.0 Å². The fourth-order valence-electron chi connectivity index (χ4n) is 2.86. The molecule has 150 valence electrons. The van der Waals surface area contributed by atoms with Crippen molar-refractivity contribution < 1.29 is 24.2 Å². The molecule has 1 amide bonds. The van der Waals surface area contributed by atoms with Gasteiger partial charge in [-0.05, 0) is 37.0 Å². The summed E-state index contributed by atoms with van der Waals surface area (Å²) in [5, 5.41) is 13.4. The summed E-state index contributed by atoms with van der Waals surface area (Å²) in [5.41, 5.74) is 0.228. The summed E-state index contributed by atoms with van der Waals surface area (Å²) >= 11 is 11.9. The van der Waals surface area contributed by atoms with Crippen molar-refractivity contribution in [2.75, 3.05) is 19.8 Å². The zero-order chi connectivity index (χ0) is 20.0. The van der Waals surface area contributed by atoms with Crippen LogP contribution in [0.5, 0.6) is 0 Å². The quantitative estimate of drug-likeness (QED) is 0.634. The van der Waals surface area contributed by atoms with Crippen LogP contribution in [0.2, 0.25) is 10.0 Å². The number of hydrogen-bond donors (Lipinski definition) is 2. The third-order valence-corrected chi connectivity index (χ3v) is 4.93. The fraction of sp³-hybridized carbons (Fsp3) is 0.579. The van der Waals surface area contributed by atoms with Crippen LogP contribution in [0.25, 0.3) is 0 Å². The molecule has 1 fully saturated rings. The van der Waals surface area contributed by atoms with Crippen molar-refractivity contribution in [1.82, 2.24) is 5.32 Å². The van der Waals surface area contributed by atoms with Gasteiger partial charge in [0, 0.05) is 17.5 Å². The fourth-order valence-corrected chi connectivity index (χ4v) is 3.35. The van der Waals surface area contributed by atoms with Crippen LogP contribution in [0, 0.1) is 11.8 Å². The van der Waals surface area contributed by atoms with Crippen LogP contribution in [-0.4, -0.2) is 48.9 Å². The van der Waals surface area contributed by atoms with Gasteiger partial charge in [-0.3, -0.25) is 4.79 Å². The molecule has 0 spiro atoms. The van der Waals surface area contributed by atoms with Gasteiger partial charge in [-0.25, -0.2) is 4.79 Å². The number of hydrogen-bond acceptors (Lipinski definition) is 5. The third-order valence-electron chi connectivity index (χ3n) is 4.38. The number of carbonyl (C=O) groups is 2. The topological polar surface area (TPSA) is 84.9 Å². The van der Waals surface area contributed by atoms with Gasteiger partial charge >= 0.3 is 5.97 Å². The summed E-state index contributed by atoms with van der Waals surface area (Å²) in [4.78, 5) is 25.0. The molecule has 0 aliphatic carbocycles. The number of esters is 1. The summed E-state index contributed by atoms with van der Waals surface area (Å²) < 4.78 is 10.5. The van der Waals surface area contributed by atoms with E-state index >= 15 is 0 Å². The van der Waals surface area contributed by atoms with Crippen molar-refractivity contribution in [3.05, 3.63) is 33.8 Å². The predicted octanol–water partition coefficient (Wildman–Crippen LogP) is 3.08. The SMILES string of the molecule is CC(C)C[C@H](NC(=O)c1ccc(Cl)cc1Cl)C(=O)OCC(O)C1CCOC1. The highest BCUT2D eigenvalue weighted by atomic mass is 35.5. The average Bonchev–Trinajstić information content (AvgIpc) is 3.12. The second-order valence-electron chi connectivity index (χ2n) is 7.10. The lowest BCUT2D eigenvalue weighted by Gasteiger charge is -2.22. The Morgan fingerprint density at radius 2 is 2.11 bits per heavy atom. The van der Waals surface area contributed by atoms with Gasteiger partial charge in [0.15, 0.2) is 0 Å². The lowest BCUT2D eigenvalue weighted by molar-refractivity contribution is -0.150. The lowest BCUT2D eigenvalue weighted by Crippen LogP contribution is -2.43. The van der Waals surface area contributed by atoms with Gasteiger partial charge in [-0.15, -0.1) is 0 Å². The molecule has 0 radical (unpaired) electrons. The van der Waals surface area contributed by atoms with Crippen molar-refractivity contribution in [1.29, 1.82) is 0 Å². The molecular formula is C19H25Cl2NO5. The minimum atomic E-state index is -0.837. The molecule has 1 heterocycles. The van der Waals surface area contributed by atoms with E-state index in [4.69, 9.17) is 32.7 Å². The first-order chi connectivity index (χ1) is 12.8. The number of aliphatic hydroxyl groups excluding tert-OH is 1. The zero-order valence-electron chi connectivity index (χ0n) is 15.4. The van der Waals surface area contributed by atoms with Gasteiger partial charge in [0.1, 0.15) is 12.6 Å². The van der Waals surface area contributed by atoms with E-state index in [1.165, 1.54) is 12.1 Å². The number of amides is 1. The van der Waals surface area contributed by atoms with Gasteiger partial charge in [0.05, 0.1) is 23.3 Å². The van der Waals surface area contributed by atoms with E-state index in [0.29, 0.717) is 24.7 Å². The number of halogens is 2. The van der Waals surface area contributed by atoms with E-state index in [-0.39, 0.29) is 29.0 Å². The molecule has 3 atom stereocenters. The summed E-state index contributed by atoms with van der Waals surface area (Å²) in [6, 6.07) is 3.68. The standard InChI is InChI=1S/C19H25Cl2NO5/c1-11(2)7-16(19(25)27-10-17(23)12-5-6-26-9-12)22-18(24)14-4-3-13(20)8-15(14)21/h3-4,8,11-12,16-17,23H,5-7,9-10H2,1-2H3,(H,22,24)/t12?,16-,17?/m0/s1. The van der Waals surface area contributed by atoms with Crippen LogP contribution in [0.3, 0.4) is 0 Å². The van der Waals surface area contributed by atoms with Gasteiger partial charge in [0.2, 0.25) is 0 Å². The Labute approximate surface area is 169 Å². The molecule has 1 aliphatic heterocycles. The Balaban J connectivity index is 1.98. The van der Waals surface area contributed by atoms with Crippen LogP contribution >= 0.6 is 23.2 Å². The molecule has 2 N–H and O–H groups in total. The highest BCUT2D eigenvalue weighted by Crippen LogP contribution is 2.21. The summed E-state index contributed by atoms with van der Waals surface area (Å²) in [6.45, 7) is 4.81. The molecule has 0 bridgehead atoms. The second kappa shape index (κ2) is 10.3. The normalized spacial score (nSPS) is 19.0. The number of benzene rings is 1. The molecule has 0 saturated carbocycles. The number of nitrogens with one attached hydrogen (secondary N) is 1. The molecule has 0 aromatic heterocycles. The van der Waals surface area contributed by atoms with Crippen LogP contribution in [0.1, 0.15) is 37.0 Å². The molecular weight excluding hydrogens is 393 g/mol. The van der Waals surface area contributed by atoms with Gasteiger partial charge < -0.3 is 19.9 Å². The maximum absolute atomic E-state index is 12.5. The number of aliphatic hydroxyl groups is 1. The average molecular weight is 418 g/mol. The predicted molar refractivity (Wildman–Crippen MR) is 103 cm³/mol.